The van der Waals surface area contributed by atoms with Gasteiger partial charge >= 0.3 is 0 Å². The number of rotatable bonds is 9. The molecule has 0 aliphatic rings. The number of hydrogen-bond donors (Lipinski definition) is 1. The quantitative estimate of drug-likeness (QED) is 0.460. The van der Waals surface area contributed by atoms with Crippen molar-refractivity contribution in [2.75, 3.05) is 20.3 Å². The molecule has 0 fully saturated rings. The molecule has 7 nitrogen and oxygen atoms in total. The summed E-state index contributed by atoms with van der Waals surface area (Å²) < 4.78 is 41.4. The molecule has 2 rings (SSSR count). The van der Waals surface area contributed by atoms with Crippen molar-refractivity contribution in [3.63, 3.8) is 0 Å². The largest absolute Gasteiger partial charge is 0.497 e. The monoisotopic (exact) mass is 456 g/mol. The second kappa shape index (κ2) is 9.61. The van der Waals surface area contributed by atoms with Crippen molar-refractivity contribution < 1.29 is 22.6 Å². The van der Waals surface area contributed by atoms with Gasteiger partial charge in [0.1, 0.15) is 5.75 Å². The summed E-state index contributed by atoms with van der Waals surface area (Å²) in [5, 5.41) is 3.84. The molecule has 2 aromatic carbocycles. The predicted molar refractivity (Wildman–Crippen MR) is 107 cm³/mol. The average Bonchev–Trinajstić information content (AvgIpc) is 2.64. The van der Waals surface area contributed by atoms with Crippen LogP contribution in [0.4, 0.5) is 0 Å². The minimum atomic E-state index is -3.77. The maximum Gasteiger partial charge on any atom is 0.276 e. The van der Waals surface area contributed by atoms with Crippen molar-refractivity contribution in [3.8, 4) is 17.2 Å². The van der Waals surface area contributed by atoms with Crippen LogP contribution in [0.2, 0.25) is 0 Å². The van der Waals surface area contributed by atoms with Crippen molar-refractivity contribution in [2.24, 2.45) is 5.10 Å². The summed E-state index contributed by atoms with van der Waals surface area (Å²) in [4.78, 5) is 2.27. The van der Waals surface area contributed by atoms with E-state index >= 15 is 0 Å². The highest BCUT2D eigenvalue weighted by molar-refractivity contribution is 9.10. The number of halogens is 1. The highest BCUT2D eigenvalue weighted by atomic mass is 79.9. The van der Waals surface area contributed by atoms with Crippen LogP contribution in [0.5, 0.6) is 17.2 Å². The molecular weight excluding hydrogens is 436 g/mol. The highest BCUT2D eigenvalue weighted by Crippen LogP contribution is 2.36. The van der Waals surface area contributed by atoms with Crippen molar-refractivity contribution in [1.29, 1.82) is 0 Å². The highest BCUT2D eigenvalue weighted by Gasteiger charge is 2.13. The van der Waals surface area contributed by atoms with E-state index in [1.165, 1.54) is 25.5 Å². The number of methoxy groups -OCH3 is 1. The van der Waals surface area contributed by atoms with Crippen LogP contribution in [0.1, 0.15) is 19.4 Å². The molecule has 0 saturated carbocycles. The normalized spacial score (nSPS) is 11.4. The summed E-state index contributed by atoms with van der Waals surface area (Å²) in [5.74, 6) is 1.71. The molecule has 0 heterocycles. The molecule has 0 unspecified atom stereocenters. The van der Waals surface area contributed by atoms with Crippen molar-refractivity contribution in [2.45, 2.75) is 18.7 Å². The van der Waals surface area contributed by atoms with E-state index in [1.54, 1.807) is 24.3 Å². The lowest BCUT2D eigenvalue weighted by molar-refractivity contribution is 0.286. The number of ether oxygens (including phenoxy) is 3. The van der Waals surface area contributed by atoms with E-state index in [2.05, 4.69) is 25.9 Å². The van der Waals surface area contributed by atoms with Crippen LogP contribution in [-0.4, -0.2) is 35.0 Å². The van der Waals surface area contributed by atoms with E-state index in [0.717, 1.165) is 0 Å². The topological polar surface area (TPSA) is 86.2 Å². The molecule has 9 heteroatoms. The fraction of sp³-hybridized carbons (Fsp3) is 0.278. The number of nitrogens with one attached hydrogen (secondary N) is 1. The van der Waals surface area contributed by atoms with Gasteiger partial charge in [0.15, 0.2) is 11.5 Å². The van der Waals surface area contributed by atoms with E-state index in [9.17, 15) is 8.42 Å². The van der Waals surface area contributed by atoms with Crippen LogP contribution in [0, 0.1) is 0 Å². The van der Waals surface area contributed by atoms with E-state index in [1.807, 2.05) is 13.8 Å². The van der Waals surface area contributed by atoms with Gasteiger partial charge in [0, 0.05) is 0 Å². The number of hydrogen-bond acceptors (Lipinski definition) is 6. The maximum absolute atomic E-state index is 12.3. The third-order valence-electron chi connectivity index (χ3n) is 3.38. The van der Waals surface area contributed by atoms with Crippen molar-refractivity contribution in [3.05, 3.63) is 46.4 Å². The van der Waals surface area contributed by atoms with Crippen molar-refractivity contribution in [1.82, 2.24) is 4.83 Å². The number of sulfonamides is 1. The van der Waals surface area contributed by atoms with Crippen molar-refractivity contribution >= 4 is 32.2 Å². The van der Waals surface area contributed by atoms with Gasteiger partial charge in [-0.25, -0.2) is 4.83 Å². The Morgan fingerprint density at radius 3 is 2.37 bits per heavy atom. The van der Waals surface area contributed by atoms with Crippen LogP contribution in [0.15, 0.2) is 50.9 Å². The fourth-order valence-electron chi connectivity index (χ4n) is 2.19. The molecule has 0 amide bonds. The first-order chi connectivity index (χ1) is 12.9. The Labute approximate surface area is 167 Å². The molecule has 0 aromatic heterocycles. The summed E-state index contributed by atoms with van der Waals surface area (Å²) >= 11 is 3.43. The molecule has 0 radical (unpaired) electrons. The minimum absolute atomic E-state index is 0.0864. The summed E-state index contributed by atoms with van der Waals surface area (Å²) in [5.41, 5.74) is 0.645. The third-order valence-corrected chi connectivity index (χ3v) is 5.20. The molecule has 146 valence electrons. The van der Waals surface area contributed by atoms with Crippen LogP contribution >= 0.6 is 15.9 Å². The standard InChI is InChI=1S/C18H21BrN2O5S/c1-4-25-17-11-13(10-16(19)18(17)26-5-2)12-20-21-27(22,23)15-8-6-14(24-3)7-9-15/h6-12,21H,4-5H2,1-3H3/b20-12+. The lowest BCUT2D eigenvalue weighted by atomic mass is 10.2. The molecule has 2 aromatic rings. The molecule has 27 heavy (non-hydrogen) atoms. The zero-order valence-corrected chi connectivity index (χ0v) is 17.6. The van der Waals surface area contributed by atoms with Crippen LogP contribution in [0.25, 0.3) is 0 Å². The Morgan fingerprint density at radius 2 is 1.78 bits per heavy atom. The molecule has 0 aliphatic heterocycles. The first-order valence-corrected chi connectivity index (χ1v) is 10.5. The molecular formula is C18H21BrN2O5S. The van der Waals surface area contributed by atoms with E-state index in [-0.39, 0.29) is 4.90 Å². The molecule has 0 aliphatic carbocycles. The van der Waals surface area contributed by atoms with Gasteiger partial charge in [-0.05, 0) is 71.7 Å². The van der Waals surface area contributed by atoms with Gasteiger partial charge in [-0.2, -0.15) is 13.5 Å². The Bertz CT molecular complexity index is 899. The van der Waals surface area contributed by atoms with E-state index in [0.29, 0.717) is 40.5 Å². The average molecular weight is 457 g/mol. The Morgan fingerprint density at radius 1 is 1.11 bits per heavy atom. The summed E-state index contributed by atoms with van der Waals surface area (Å²) in [6.07, 6.45) is 1.39. The summed E-state index contributed by atoms with van der Waals surface area (Å²) in [6, 6.07) is 9.50. The zero-order valence-electron chi connectivity index (χ0n) is 15.2. The van der Waals surface area contributed by atoms with Crippen LogP contribution < -0.4 is 19.0 Å². The lowest BCUT2D eigenvalue weighted by Gasteiger charge is -2.13. The smallest absolute Gasteiger partial charge is 0.276 e. The molecule has 0 saturated heterocycles. The first-order valence-electron chi connectivity index (χ1n) is 8.19. The van der Waals surface area contributed by atoms with Gasteiger partial charge in [-0.1, -0.05) is 0 Å². The molecule has 0 atom stereocenters. The fourth-order valence-corrected chi connectivity index (χ4v) is 3.55. The Balaban J connectivity index is 2.19. The van der Waals surface area contributed by atoms with Gasteiger partial charge in [0.2, 0.25) is 0 Å². The third kappa shape index (κ3) is 5.61. The van der Waals surface area contributed by atoms with E-state index in [4.69, 9.17) is 14.2 Å². The van der Waals surface area contributed by atoms with Gasteiger partial charge < -0.3 is 14.2 Å². The molecule has 0 bridgehead atoms. The maximum atomic E-state index is 12.3. The number of benzene rings is 2. The summed E-state index contributed by atoms with van der Waals surface area (Å²) in [7, 11) is -2.26. The van der Waals surface area contributed by atoms with Crippen LogP contribution in [-0.2, 0) is 10.0 Å². The zero-order chi connectivity index (χ0) is 19.9. The van der Waals surface area contributed by atoms with Gasteiger partial charge in [-0.3, -0.25) is 0 Å². The van der Waals surface area contributed by atoms with Crippen LogP contribution in [0.3, 0.4) is 0 Å². The second-order valence-corrected chi connectivity index (χ2v) is 7.74. The Kier molecular flexibility index (Phi) is 7.49. The molecule has 0 spiro atoms. The Hall–Kier alpha value is -2.26. The molecule has 1 N–H and O–H groups in total. The minimum Gasteiger partial charge on any atom is -0.497 e. The number of nitrogens with zero attached hydrogens (tertiary/aromatic N) is 1. The second-order valence-electron chi connectivity index (χ2n) is 5.22. The van der Waals surface area contributed by atoms with E-state index < -0.39 is 10.0 Å². The number of hydrazone groups is 1. The van der Waals surface area contributed by atoms with Gasteiger partial charge in [0.25, 0.3) is 10.0 Å². The summed E-state index contributed by atoms with van der Waals surface area (Å²) in [6.45, 7) is 4.71. The van der Waals surface area contributed by atoms with Gasteiger partial charge in [0.05, 0.1) is 35.9 Å². The lowest BCUT2D eigenvalue weighted by Crippen LogP contribution is -2.18. The first kappa shape index (κ1) is 21.0. The van der Waals surface area contributed by atoms with Gasteiger partial charge in [-0.15, -0.1) is 0 Å². The SMILES string of the molecule is CCOc1cc(/C=N/NS(=O)(=O)c2ccc(OC)cc2)cc(Br)c1OCC. The predicted octanol–water partition coefficient (Wildman–Crippen LogP) is 3.57.